The van der Waals surface area contributed by atoms with E-state index in [0.717, 1.165) is 11.8 Å². The van der Waals surface area contributed by atoms with Crippen molar-refractivity contribution in [3.63, 3.8) is 0 Å². The summed E-state index contributed by atoms with van der Waals surface area (Å²) in [5.41, 5.74) is -0.583. The molecule has 9 nitrogen and oxygen atoms in total. The van der Waals surface area contributed by atoms with Crippen molar-refractivity contribution in [2.24, 2.45) is 0 Å². The van der Waals surface area contributed by atoms with Crippen molar-refractivity contribution in [3.8, 4) is 0 Å². The van der Waals surface area contributed by atoms with Gasteiger partial charge in [0.1, 0.15) is 23.0 Å². The fraction of sp³-hybridized carbons (Fsp3) is 0.235. The number of carbonyl (C=O) groups is 1. The predicted octanol–water partition coefficient (Wildman–Crippen LogP) is 4.37. The molecular formula is C17H15Cl3N6O3. The molecule has 0 aliphatic carbocycles. The number of benzene rings is 1. The maximum Gasteiger partial charge on any atom is 0.307 e. The Morgan fingerprint density at radius 2 is 1.93 bits per heavy atom. The van der Waals surface area contributed by atoms with E-state index in [-0.39, 0.29) is 16.5 Å². The lowest BCUT2D eigenvalue weighted by atomic mass is 10.1. The van der Waals surface area contributed by atoms with E-state index in [0.29, 0.717) is 16.6 Å². The second-order valence-electron chi connectivity index (χ2n) is 6.69. The third kappa shape index (κ3) is 4.52. The Morgan fingerprint density at radius 1 is 1.21 bits per heavy atom. The summed E-state index contributed by atoms with van der Waals surface area (Å²) >= 11 is 18.1. The van der Waals surface area contributed by atoms with Crippen molar-refractivity contribution in [2.75, 3.05) is 5.32 Å². The Morgan fingerprint density at radius 3 is 2.55 bits per heavy atom. The summed E-state index contributed by atoms with van der Waals surface area (Å²) in [5, 5.41) is 22.8. The molecule has 1 N–H and O–H groups in total. The zero-order valence-corrected chi connectivity index (χ0v) is 17.5. The van der Waals surface area contributed by atoms with Gasteiger partial charge in [0.25, 0.3) is 5.91 Å². The van der Waals surface area contributed by atoms with Crippen molar-refractivity contribution in [1.82, 2.24) is 19.6 Å². The lowest BCUT2D eigenvalue weighted by molar-refractivity contribution is -0.385. The van der Waals surface area contributed by atoms with Crippen LogP contribution in [0.15, 0.2) is 36.8 Å². The van der Waals surface area contributed by atoms with Crippen LogP contribution in [0.4, 0.5) is 11.5 Å². The van der Waals surface area contributed by atoms with E-state index in [2.05, 4.69) is 15.5 Å². The highest BCUT2D eigenvalue weighted by Crippen LogP contribution is 2.26. The Bertz CT molecular complexity index is 1090. The van der Waals surface area contributed by atoms with Gasteiger partial charge in [0.05, 0.1) is 21.5 Å². The number of nitro groups is 1. The molecule has 1 aromatic carbocycles. The van der Waals surface area contributed by atoms with Crippen LogP contribution < -0.4 is 5.32 Å². The molecular weight excluding hydrogens is 443 g/mol. The Hall–Kier alpha value is -2.62. The second kappa shape index (κ2) is 8.02. The van der Waals surface area contributed by atoms with Crippen molar-refractivity contribution in [3.05, 3.63) is 67.5 Å². The third-order valence-electron chi connectivity index (χ3n) is 4.19. The highest BCUT2D eigenvalue weighted by molar-refractivity contribution is 6.42. The summed E-state index contributed by atoms with van der Waals surface area (Å²) in [6.45, 7) is 3.50. The van der Waals surface area contributed by atoms with Crippen molar-refractivity contribution < 1.29 is 9.72 Å². The number of hydrogen-bond donors (Lipinski definition) is 1. The SMILES string of the molecule is CC(C)(C(=O)Nc1nn(Cc2ccc(Cl)c(Cl)c2)cc1Cl)n1cc([N+](=O)[O-])cn1. The number of nitrogens with one attached hydrogen (secondary N) is 1. The van der Waals surface area contributed by atoms with Crippen LogP contribution in [0.2, 0.25) is 15.1 Å². The maximum atomic E-state index is 12.7. The normalized spacial score (nSPS) is 11.5. The van der Waals surface area contributed by atoms with E-state index >= 15 is 0 Å². The first-order chi connectivity index (χ1) is 13.6. The molecule has 0 saturated heterocycles. The number of amides is 1. The van der Waals surface area contributed by atoms with Crippen LogP contribution in [0.5, 0.6) is 0 Å². The Labute approximate surface area is 180 Å². The molecule has 2 heterocycles. The van der Waals surface area contributed by atoms with E-state index in [4.69, 9.17) is 34.8 Å². The Balaban J connectivity index is 1.76. The van der Waals surface area contributed by atoms with Gasteiger partial charge >= 0.3 is 5.69 Å². The molecule has 3 aromatic rings. The van der Waals surface area contributed by atoms with Crippen molar-refractivity contribution in [1.29, 1.82) is 0 Å². The zero-order valence-electron chi connectivity index (χ0n) is 15.3. The first-order valence-corrected chi connectivity index (χ1v) is 9.39. The zero-order chi connectivity index (χ0) is 21.3. The fourth-order valence-corrected chi connectivity index (χ4v) is 2.98. The van der Waals surface area contributed by atoms with Gasteiger partial charge in [-0.1, -0.05) is 40.9 Å². The molecule has 3 rings (SSSR count). The number of rotatable bonds is 6. The van der Waals surface area contributed by atoms with E-state index in [1.807, 2.05) is 0 Å². The van der Waals surface area contributed by atoms with Crippen LogP contribution in [0.3, 0.4) is 0 Å². The molecule has 0 atom stereocenters. The van der Waals surface area contributed by atoms with Gasteiger partial charge in [-0.3, -0.25) is 24.3 Å². The quantitative estimate of drug-likeness (QED) is 0.437. The average molecular weight is 458 g/mol. The third-order valence-corrected chi connectivity index (χ3v) is 5.20. The van der Waals surface area contributed by atoms with E-state index < -0.39 is 16.4 Å². The molecule has 0 radical (unpaired) electrons. The van der Waals surface area contributed by atoms with Crippen LogP contribution in [-0.2, 0) is 16.9 Å². The molecule has 0 aliphatic heterocycles. The van der Waals surface area contributed by atoms with Gasteiger partial charge in [0, 0.05) is 6.20 Å². The highest BCUT2D eigenvalue weighted by atomic mass is 35.5. The molecule has 0 bridgehead atoms. The number of carbonyl (C=O) groups excluding carboxylic acids is 1. The van der Waals surface area contributed by atoms with Crippen molar-refractivity contribution in [2.45, 2.75) is 25.9 Å². The Kier molecular flexibility index (Phi) is 5.83. The number of hydrogen-bond acceptors (Lipinski definition) is 5. The highest BCUT2D eigenvalue weighted by Gasteiger charge is 2.33. The predicted molar refractivity (Wildman–Crippen MR) is 110 cm³/mol. The lowest BCUT2D eigenvalue weighted by Gasteiger charge is -2.23. The fourth-order valence-electron chi connectivity index (χ4n) is 2.47. The number of anilines is 1. The van der Waals surface area contributed by atoms with Gasteiger partial charge in [0.15, 0.2) is 5.82 Å². The number of halogens is 3. The number of aromatic nitrogens is 4. The van der Waals surface area contributed by atoms with Crippen molar-refractivity contribution >= 4 is 52.2 Å². The summed E-state index contributed by atoms with van der Waals surface area (Å²) in [6.07, 6.45) is 3.82. The van der Waals surface area contributed by atoms with Gasteiger partial charge in [0.2, 0.25) is 0 Å². The van der Waals surface area contributed by atoms with Crippen LogP contribution >= 0.6 is 34.8 Å². The summed E-state index contributed by atoms with van der Waals surface area (Å²) < 4.78 is 2.75. The van der Waals surface area contributed by atoms with Gasteiger partial charge < -0.3 is 5.32 Å². The van der Waals surface area contributed by atoms with Gasteiger partial charge in [-0.25, -0.2) is 0 Å². The summed E-state index contributed by atoms with van der Waals surface area (Å²) in [6, 6.07) is 5.19. The summed E-state index contributed by atoms with van der Waals surface area (Å²) in [5.74, 6) is -0.330. The first-order valence-electron chi connectivity index (χ1n) is 8.26. The first kappa shape index (κ1) is 21.1. The molecule has 152 valence electrons. The van der Waals surface area contributed by atoms with Crippen LogP contribution in [0, 0.1) is 10.1 Å². The van der Waals surface area contributed by atoms with Gasteiger partial charge in [-0.2, -0.15) is 10.2 Å². The minimum absolute atomic E-state index is 0.159. The second-order valence-corrected chi connectivity index (χ2v) is 7.91. The summed E-state index contributed by atoms with van der Waals surface area (Å²) in [4.78, 5) is 23.0. The van der Waals surface area contributed by atoms with Crippen LogP contribution in [0.1, 0.15) is 19.4 Å². The average Bonchev–Trinajstić information content (AvgIpc) is 3.26. The van der Waals surface area contributed by atoms with E-state index in [9.17, 15) is 14.9 Å². The molecule has 0 spiro atoms. The van der Waals surface area contributed by atoms with E-state index in [1.165, 1.54) is 10.9 Å². The van der Waals surface area contributed by atoms with Crippen LogP contribution in [-0.4, -0.2) is 30.4 Å². The molecule has 29 heavy (non-hydrogen) atoms. The molecule has 2 aromatic heterocycles. The minimum atomic E-state index is -1.22. The lowest BCUT2D eigenvalue weighted by Crippen LogP contribution is -2.40. The standard InChI is InChI=1S/C17H15Cl3N6O3/c1-17(2,25-8-11(6-21-25)26(28)29)16(27)22-15-14(20)9-24(23-15)7-10-3-4-12(18)13(19)5-10/h3-6,8-9H,7H2,1-2H3,(H,22,23,27). The van der Waals surface area contributed by atoms with Gasteiger partial charge in [-0.05, 0) is 31.5 Å². The summed E-state index contributed by atoms with van der Waals surface area (Å²) in [7, 11) is 0. The molecule has 12 heteroatoms. The van der Waals surface area contributed by atoms with E-state index in [1.54, 1.807) is 42.9 Å². The van der Waals surface area contributed by atoms with Gasteiger partial charge in [-0.15, -0.1) is 0 Å². The number of nitrogens with zero attached hydrogens (tertiary/aromatic N) is 5. The molecule has 0 saturated carbocycles. The smallest absolute Gasteiger partial charge is 0.306 e. The molecule has 0 unspecified atom stereocenters. The molecule has 1 amide bonds. The largest absolute Gasteiger partial charge is 0.307 e. The molecule has 0 aliphatic rings. The minimum Gasteiger partial charge on any atom is -0.306 e. The monoisotopic (exact) mass is 456 g/mol. The maximum absolute atomic E-state index is 12.7. The topological polar surface area (TPSA) is 108 Å². The van der Waals surface area contributed by atoms with Crippen LogP contribution in [0.25, 0.3) is 0 Å². The molecule has 0 fully saturated rings.